The minimum atomic E-state index is -0.170. The molecule has 0 spiro atoms. The third-order valence-electron chi connectivity index (χ3n) is 4.91. The van der Waals surface area contributed by atoms with Gasteiger partial charge in [0.1, 0.15) is 0 Å². The first-order valence-corrected chi connectivity index (χ1v) is 10.8. The Morgan fingerprint density at radius 2 is 1.97 bits per heavy atom. The number of hydrogen-bond acceptors (Lipinski definition) is 5. The maximum absolute atomic E-state index is 12.3. The average Bonchev–Trinajstić information content (AvgIpc) is 3.40. The zero-order chi connectivity index (χ0) is 20.9. The standard InChI is InChI=1S/C22H23N5O2S/c1-2-14-7-3-5-9-18(14)25-20(28)13-30-22-27-26-21(29-22)17(23)11-15-12-24-19-10-6-4-8-16(15)19/h3-10,12,17,24H,2,11,13,23H2,1H3,(H,25,28)/p+1. The number of rotatable bonds is 8. The molecule has 154 valence electrons. The Morgan fingerprint density at radius 1 is 1.17 bits per heavy atom. The summed E-state index contributed by atoms with van der Waals surface area (Å²) in [5.41, 5.74) is 8.37. The van der Waals surface area contributed by atoms with Gasteiger partial charge in [-0.1, -0.05) is 55.1 Å². The van der Waals surface area contributed by atoms with Gasteiger partial charge < -0.3 is 20.5 Å². The number of aryl methyl sites for hydroxylation is 1. The summed E-state index contributed by atoms with van der Waals surface area (Å²) < 4.78 is 5.74. The molecule has 0 saturated carbocycles. The van der Waals surface area contributed by atoms with Crippen molar-refractivity contribution in [2.75, 3.05) is 11.1 Å². The number of amides is 1. The molecule has 0 aliphatic rings. The van der Waals surface area contributed by atoms with E-state index in [1.807, 2.05) is 48.7 Å². The molecule has 0 bridgehead atoms. The molecule has 0 fully saturated rings. The maximum Gasteiger partial charge on any atom is 0.277 e. The minimum Gasteiger partial charge on any atom is -0.410 e. The van der Waals surface area contributed by atoms with E-state index < -0.39 is 0 Å². The lowest BCUT2D eigenvalue weighted by Crippen LogP contribution is -2.54. The van der Waals surface area contributed by atoms with Crippen LogP contribution in [0.15, 0.2) is 64.4 Å². The van der Waals surface area contributed by atoms with Crippen LogP contribution in [0.25, 0.3) is 10.9 Å². The smallest absolute Gasteiger partial charge is 0.277 e. The highest BCUT2D eigenvalue weighted by Crippen LogP contribution is 2.24. The number of fused-ring (bicyclic) bond motifs is 1. The predicted octanol–water partition coefficient (Wildman–Crippen LogP) is 3.37. The van der Waals surface area contributed by atoms with Crippen LogP contribution in [0.2, 0.25) is 0 Å². The van der Waals surface area contributed by atoms with Crippen molar-refractivity contribution in [1.29, 1.82) is 0 Å². The fraction of sp³-hybridized carbons (Fsp3) is 0.227. The zero-order valence-corrected chi connectivity index (χ0v) is 17.5. The summed E-state index contributed by atoms with van der Waals surface area (Å²) in [6.07, 6.45) is 3.54. The van der Waals surface area contributed by atoms with E-state index in [9.17, 15) is 4.79 Å². The third-order valence-corrected chi connectivity index (χ3v) is 5.73. The highest BCUT2D eigenvalue weighted by atomic mass is 32.2. The first-order chi connectivity index (χ1) is 14.6. The number of H-pyrrole nitrogens is 1. The first-order valence-electron chi connectivity index (χ1n) is 9.86. The van der Waals surface area contributed by atoms with Gasteiger partial charge in [0, 0.05) is 29.2 Å². The van der Waals surface area contributed by atoms with Crippen molar-refractivity contribution in [2.45, 2.75) is 31.0 Å². The highest BCUT2D eigenvalue weighted by molar-refractivity contribution is 7.99. The second-order valence-electron chi connectivity index (χ2n) is 7.01. The molecule has 0 aliphatic carbocycles. The minimum absolute atomic E-state index is 0.106. The van der Waals surface area contributed by atoms with E-state index in [1.54, 1.807) is 0 Å². The van der Waals surface area contributed by atoms with Gasteiger partial charge in [-0.15, -0.1) is 10.2 Å². The van der Waals surface area contributed by atoms with Gasteiger partial charge >= 0.3 is 0 Å². The molecule has 0 saturated heterocycles. The van der Waals surface area contributed by atoms with Gasteiger partial charge in [0.15, 0.2) is 6.04 Å². The SMILES string of the molecule is CCc1ccccc1NC(=O)CSc1nnc(C([NH3+])Cc2c[nH]c3ccccc23)o1. The molecular weight excluding hydrogens is 398 g/mol. The number of thioether (sulfide) groups is 1. The Balaban J connectivity index is 1.34. The molecule has 0 aliphatic heterocycles. The molecule has 4 aromatic rings. The number of nitrogens with zero attached hydrogens (tertiary/aromatic N) is 2. The van der Waals surface area contributed by atoms with Gasteiger partial charge in [0.25, 0.3) is 11.1 Å². The summed E-state index contributed by atoms with van der Waals surface area (Å²) in [7, 11) is 0. The van der Waals surface area contributed by atoms with Crippen molar-refractivity contribution in [3.8, 4) is 0 Å². The molecule has 2 aromatic heterocycles. The highest BCUT2D eigenvalue weighted by Gasteiger charge is 2.20. The van der Waals surface area contributed by atoms with Crippen LogP contribution < -0.4 is 11.1 Å². The molecule has 5 N–H and O–H groups in total. The molecule has 8 heteroatoms. The number of anilines is 1. The molecule has 30 heavy (non-hydrogen) atoms. The Hall–Kier alpha value is -3.10. The number of aromatic nitrogens is 3. The molecule has 7 nitrogen and oxygen atoms in total. The van der Waals surface area contributed by atoms with Crippen LogP contribution in [0, 0.1) is 0 Å². The molecule has 2 heterocycles. The van der Waals surface area contributed by atoms with E-state index in [4.69, 9.17) is 4.42 Å². The van der Waals surface area contributed by atoms with Crippen LogP contribution >= 0.6 is 11.8 Å². The van der Waals surface area contributed by atoms with E-state index in [2.05, 4.69) is 39.2 Å². The van der Waals surface area contributed by atoms with Crippen LogP contribution in [0.1, 0.15) is 30.0 Å². The van der Waals surface area contributed by atoms with E-state index in [0.717, 1.165) is 28.8 Å². The summed E-state index contributed by atoms with van der Waals surface area (Å²) in [6, 6.07) is 15.8. The molecule has 1 atom stereocenters. The van der Waals surface area contributed by atoms with Crippen LogP contribution in [-0.2, 0) is 17.6 Å². The van der Waals surface area contributed by atoms with Crippen molar-refractivity contribution in [1.82, 2.24) is 15.2 Å². The van der Waals surface area contributed by atoms with E-state index in [-0.39, 0.29) is 17.7 Å². The number of para-hydroxylation sites is 2. The Kier molecular flexibility index (Phi) is 6.15. The van der Waals surface area contributed by atoms with E-state index in [1.165, 1.54) is 17.1 Å². The number of benzene rings is 2. The van der Waals surface area contributed by atoms with Crippen molar-refractivity contribution in [2.24, 2.45) is 0 Å². The van der Waals surface area contributed by atoms with Crippen LogP contribution in [0.5, 0.6) is 0 Å². The Bertz CT molecular complexity index is 1150. The van der Waals surface area contributed by atoms with Crippen LogP contribution in [0.4, 0.5) is 5.69 Å². The van der Waals surface area contributed by atoms with E-state index >= 15 is 0 Å². The number of carbonyl (C=O) groups excluding carboxylic acids is 1. The lowest BCUT2D eigenvalue weighted by Gasteiger charge is -2.08. The second-order valence-corrected chi connectivity index (χ2v) is 7.94. The van der Waals surface area contributed by atoms with Crippen molar-refractivity contribution in [3.63, 3.8) is 0 Å². The Morgan fingerprint density at radius 3 is 2.83 bits per heavy atom. The molecule has 2 aromatic carbocycles. The second kappa shape index (κ2) is 9.15. The normalized spacial score (nSPS) is 12.2. The van der Waals surface area contributed by atoms with Crippen LogP contribution in [-0.4, -0.2) is 26.8 Å². The van der Waals surface area contributed by atoms with Gasteiger partial charge in [-0.25, -0.2) is 0 Å². The average molecular weight is 423 g/mol. The van der Waals surface area contributed by atoms with Gasteiger partial charge in [-0.05, 0) is 29.7 Å². The molecule has 1 amide bonds. The number of nitrogens with one attached hydrogen (secondary N) is 2. The molecule has 1 unspecified atom stereocenters. The first kappa shape index (κ1) is 20.2. The molecular formula is C22H24N5O2S+. The fourth-order valence-electron chi connectivity index (χ4n) is 3.36. The lowest BCUT2D eigenvalue weighted by atomic mass is 10.1. The summed E-state index contributed by atoms with van der Waals surface area (Å²) in [5, 5.41) is 12.7. The van der Waals surface area contributed by atoms with E-state index in [0.29, 0.717) is 17.5 Å². The molecule has 4 rings (SSSR count). The monoisotopic (exact) mass is 422 g/mol. The largest absolute Gasteiger partial charge is 0.410 e. The predicted molar refractivity (Wildman–Crippen MR) is 117 cm³/mol. The van der Waals surface area contributed by atoms with Crippen molar-refractivity contribution >= 4 is 34.3 Å². The fourth-order valence-corrected chi connectivity index (χ4v) is 3.93. The maximum atomic E-state index is 12.3. The summed E-state index contributed by atoms with van der Waals surface area (Å²) in [6.45, 7) is 2.06. The van der Waals surface area contributed by atoms with Crippen molar-refractivity contribution < 1.29 is 14.9 Å². The third kappa shape index (κ3) is 4.55. The zero-order valence-electron chi connectivity index (χ0n) is 16.7. The summed E-state index contributed by atoms with van der Waals surface area (Å²) in [4.78, 5) is 15.6. The number of hydrogen-bond donors (Lipinski definition) is 3. The number of quaternary nitrogens is 1. The van der Waals surface area contributed by atoms with Gasteiger partial charge in [0.05, 0.1) is 5.75 Å². The van der Waals surface area contributed by atoms with Crippen LogP contribution in [0.3, 0.4) is 0 Å². The van der Waals surface area contributed by atoms with Gasteiger partial charge in [-0.2, -0.15) is 0 Å². The van der Waals surface area contributed by atoms with Gasteiger partial charge in [-0.3, -0.25) is 4.79 Å². The summed E-state index contributed by atoms with van der Waals surface area (Å²) in [5.74, 6) is 0.564. The van der Waals surface area contributed by atoms with Crippen molar-refractivity contribution in [3.05, 3.63) is 71.7 Å². The topological polar surface area (TPSA) is 111 Å². The quantitative estimate of drug-likeness (QED) is 0.377. The lowest BCUT2D eigenvalue weighted by molar-refractivity contribution is -0.431. The molecule has 0 radical (unpaired) electrons. The van der Waals surface area contributed by atoms with Gasteiger partial charge in [0.2, 0.25) is 5.91 Å². The number of aromatic amines is 1. The Labute approximate surface area is 178 Å². The summed E-state index contributed by atoms with van der Waals surface area (Å²) >= 11 is 1.22. The number of carbonyl (C=O) groups is 1.